The lowest BCUT2D eigenvalue weighted by atomic mass is 10.1. The van der Waals surface area contributed by atoms with Gasteiger partial charge in [-0.05, 0) is 55.8 Å². The highest BCUT2D eigenvalue weighted by Gasteiger charge is 2.21. The van der Waals surface area contributed by atoms with Gasteiger partial charge in [0.25, 0.3) is 0 Å². The zero-order chi connectivity index (χ0) is 22.0. The van der Waals surface area contributed by atoms with Crippen molar-refractivity contribution in [2.24, 2.45) is 0 Å². The summed E-state index contributed by atoms with van der Waals surface area (Å²) >= 11 is 6.12. The van der Waals surface area contributed by atoms with Crippen molar-refractivity contribution in [2.75, 3.05) is 25.1 Å². The Hall–Kier alpha value is -2.96. The fourth-order valence-corrected chi connectivity index (χ4v) is 3.57. The number of nitrogens with zero attached hydrogens (tertiary/aromatic N) is 4. The molecule has 0 spiro atoms. The summed E-state index contributed by atoms with van der Waals surface area (Å²) < 4.78 is 21.1. The molecule has 2 aromatic heterocycles. The summed E-state index contributed by atoms with van der Waals surface area (Å²) in [6.07, 6.45) is 0. The molecular formula is C24H24ClFN4O. The number of halogens is 2. The molecule has 0 fully saturated rings. The van der Waals surface area contributed by atoms with Gasteiger partial charge in [-0.2, -0.15) is 5.10 Å². The summed E-state index contributed by atoms with van der Waals surface area (Å²) in [5, 5.41) is 5.52. The van der Waals surface area contributed by atoms with Crippen LogP contribution in [0.15, 0.2) is 54.6 Å². The second-order valence-corrected chi connectivity index (χ2v) is 7.66. The number of fused-ring (bicyclic) bond motifs is 1. The summed E-state index contributed by atoms with van der Waals surface area (Å²) in [4.78, 5) is 7.00. The van der Waals surface area contributed by atoms with Crippen LogP contribution in [-0.2, 0) is 11.3 Å². The monoisotopic (exact) mass is 438 g/mol. The number of ether oxygens (including phenoxy) is 1. The maximum absolute atomic E-state index is 13.6. The van der Waals surface area contributed by atoms with E-state index in [2.05, 4.69) is 11.8 Å². The van der Waals surface area contributed by atoms with Crippen molar-refractivity contribution >= 4 is 23.1 Å². The van der Waals surface area contributed by atoms with Crippen LogP contribution in [0.5, 0.6) is 0 Å². The molecule has 0 aliphatic carbocycles. The predicted molar refractivity (Wildman–Crippen MR) is 123 cm³/mol. The molecular weight excluding hydrogens is 415 g/mol. The smallest absolute Gasteiger partial charge is 0.166 e. The van der Waals surface area contributed by atoms with E-state index < -0.39 is 0 Å². The maximum atomic E-state index is 13.6. The molecule has 160 valence electrons. The summed E-state index contributed by atoms with van der Waals surface area (Å²) in [6.45, 7) is 5.76. The van der Waals surface area contributed by atoms with E-state index >= 15 is 0 Å². The van der Waals surface area contributed by atoms with Crippen LogP contribution < -0.4 is 4.90 Å². The number of anilines is 1. The first-order valence-corrected chi connectivity index (χ1v) is 10.6. The highest BCUT2D eigenvalue weighted by Crippen LogP contribution is 2.34. The van der Waals surface area contributed by atoms with E-state index in [1.165, 1.54) is 12.1 Å². The Bertz CT molecular complexity index is 1190. The fourth-order valence-electron chi connectivity index (χ4n) is 3.44. The molecule has 7 heteroatoms. The molecule has 5 nitrogen and oxygen atoms in total. The van der Waals surface area contributed by atoms with Crippen molar-refractivity contribution in [1.82, 2.24) is 14.6 Å². The third kappa shape index (κ3) is 4.27. The minimum atomic E-state index is -0.278. The molecule has 0 atom stereocenters. The van der Waals surface area contributed by atoms with Crippen molar-refractivity contribution in [1.29, 1.82) is 0 Å². The number of hydrogen-bond donors (Lipinski definition) is 0. The van der Waals surface area contributed by atoms with Crippen LogP contribution >= 0.6 is 11.6 Å². The number of benzene rings is 2. The summed E-state index contributed by atoms with van der Waals surface area (Å²) in [5.41, 5.74) is 5.05. The SMILES string of the molecule is CCOCc1nn2c(-c3ccc(F)cc3)cc(N(C)CC)nc2c1-c1ccc(Cl)cc1. The average Bonchev–Trinajstić information content (AvgIpc) is 3.16. The first-order chi connectivity index (χ1) is 15.0. The summed E-state index contributed by atoms with van der Waals surface area (Å²) in [6, 6.07) is 16.0. The van der Waals surface area contributed by atoms with Gasteiger partial charge in [0.05, 0.1) is 23.6 Å². The molecule has 2 aromatic carbocycles. The average molecular weight is 439 g/mol. The molecule has 0 bridgehead atoms. The fraction of sp³-hybridized carbons (Fsp3) is 0.250. The van der Waals surface area contributed by atoms with Crippen LogP contribution in [0.1, 0.15) is 19.5 Å². The maximum Gasteiger partial charge on any atom is 0.166 e. The lowest BCUT2D eigenvalue weighted by molar-refractivity contribution is 0.131. The lowest BCUT2D eigenvalue weighted by Gasteiger charge is -2.17. The molecule has 0 saturated heterocycles. The Kier molecular flexibility index (Phi) is 6.20. The zero-order valence-corrected chi connectivity index (χ0v) is 18.5. The minimum absolute atomic E-state index is 0.278. The van der Waals surface area contributed by atoms with E-state index in [1.54, 1.807) is 12.1 Å². The van der Waals surface area contributed by atoms with Gasteiger partial charge in [0.15, 0.2) is 5.65 Å². The molecule has 0 N–H and O–H groups in total. The van der Waals surface area contributed by atoms with Gasteiger partial charge in [0.2, 0.25) is 0 Å². The van der Waals surface area contributed by atoms with Crippen molar-refractivity contribution in [3.8, 4) is 22.4 Å². The molecule has 0 unspecified atom stereocenters. The second kappa shape index (κ2) is 9.04. The van der Waals surface area contributed by atoms with E-state index in [-0.39, 0.29) is 5.82 Å². The van der Waals surface area contributed by atoms with Crippen LogP contribution in [0.4, 0.5) is 10.2 Å². The van der Waals surface area contributed by atoms with Crippen molar-refractivity contribution in [2.45, 2.75) is 20.5 Å². The van der Waals surface area contributed by atoms with Crippen molar-refractivity contribution in [3.63, 3.8) is 0 Å². The van der Waals surface area contributed by atoms with E-state index in [1.807, 2.05) is 48.8 Å². The second-order valence-electron chi connectivity index (χ2n) is 7.22. The van der Waals surface area contributed by atoms with Gasteiger partial charge in [0.1, 0.15) is 11.6 Å². The predicted octanol–water partition coefficient (Wildman–Crippen LogP) is 5.85. The first-order valence-electron chi connectivity index (χ1n) is 10.2. The summed E-state index contributed by atoms with van der Waals surface area (Å²) in [7, 11) is 1.99. The Morgan fingerprint density at radius 2 is 1.71 bits per heavy atom. The van der Waals surface area contributed by atoms with Gasteiger partial charge in [-0.1, -0.05) is 23.7 Å². The van der Waals surface area contributed by atoms with Crippen LogP contribution in [0.25, 0.3) is 28.0 Å². The van der Waals surface area contributed by atoms with Crippen LogP contribution in [-0.4, -0.2) is 34.8 Å². The number of hydrogen-bond acceptors (Lipinski definition) is 4. The quantitative estimate of drug-likeness (QED) is 0.363. The zero-order valence-electron chi connectivity index (χ0n) is 17.8. The Balaban J connectivity index is 2.03. The third-order valence-electron chi connectivity index (χ3n) is 5.23. The van der Waals surface area contributed by atoms with E-state index in [0.29, 0.717) is 23.9 Å². The normalized spacial score (nSPS) is 11.3. The third-order valence-corrected chi connectivity index (χ3v) is 5.48. The molecule has 0 aliphatic heterocycles. The van der Waals surface area contributed by atoms with Crippen LogP contribution in [0.3, 0.4) is 0 Å². The van der Waals surface area contributed by atoms with Gasteiger partial charge >= 0.3 is 0 Å². The first kappa shape index (κ1) is 21.3. The highest BCUT2D eigenvalue weighted by molar-refractivity contribution is 6.30. The topological polar surface area (TPSA) is 42.7 Å². The van der Waals surface area contributed by atoms with Gasteiger partial charge < -0.3 is 9.64 Å². The highest BCUT2D eigenvalue weighted by atomic mass is 35.5. The van der Waals surface area contributed by atoms with Crippen molar-refractivity contribution in [3.05, 3.63) is 71.1 Å². The Labute approximate surface area is 186 Å². The number of aromatic nitrogens is 3. The molecule has 0 aliphatic rings. The van der Waals surface area contributed by atoms with Gasteiger partial charge in [-0.25, -0.2) is 13.9 Å². The largest absolute Gasteiger partial charge is 0.375 e. The molecule has 4 aromatic rings. The van der Waals surface area contributed by atoms with Crippen LogP contribution in [0, 0.1) is 5.82 Å². The van der Waals surface area contributed by atoms with Gasteiger partial charge in [-0.15, -0.1) is 0 Å². The Morgan fingerprint density at radius 1 is 1.03 bits per heavy atom. The van der Waals surface area contributed by atoms with E-state index in [0.717, 1.165) is 40.4 Å². The lowest BCUT2D eigenvalue weighted by Crippen LogP contribution is -2.18. The van der Waals surface area contributed by atoms with Gasteiger partial charge in [0, 0.05) is 36.9 Å². The van der Waals surface area contributed by atoms with E-state index in [4.69, 9.17) is 26.4 Å². The van der Waals surface area contributed by atoms with Crippen LogP contribution in [0.2, 0.25) is 5.02 Å². The molecule has 0 radical (unpaired) electrons. The molecule has 2 heterocycles. The van der Waals surface area contributed by atoms with Gasteiger partial charge in [-0.3, -0.25) is 0 Å². The van der Waals surface area contributed by atoms with E-state index in [9.17, 15) is 4.39 Å². The number of rotatable bonds is 7. The van der Waals surface area contributed by atoms with Crippen molar-refractivity contribution < 1.29 is 9.13 Å². The molecule has 0 saturated carbocycles. The Morgan fingerprint density at radius 3 is 2.35 bits per heavy atom. The molecule has 31 heavy (non-hydrogen) atoms. The molecule has 0 amide bonds. The minimum Gasteiger partial charge on any atom is -0.375 e. The molecule has 4 rings (SSSR count). The standard InChI is InChI=1S/C24H24ClFN4O/c1-4-29(3)22-14-21(16-8-12-19(26)13-9-16)30-24(27-22)23(20(28-30)15-31-5-2)17-6-10-18(25)11-7-17/h6-14H,4-5,15H2,1-3H3. The summed E-state index contributed by atoms with van der Waals surface area (Å²) in [5.74, 6) is 0.534.